The van der Waals surface area contributed by atoms with Crippen LogP contribution in [-0.4, -0.2) is 3.21 Å². The monoisotopic (exact) mass is 716 g/mol. The van der Waals surface area contributed by atoms with E-state index in [1.54, 1.807) is 0 Å². The molecule has 0 atom stereocenters. The molecule has 0 N–H and O–H groups in total. The second-order valence-electron chi connectivity index (χ2n) is 13.0. The molecule has 0 nitrogen and oxygen atoms in total. The molecule has 0 aliphatic heterocycles. The molecule has 0 spiro atoms. The van der Waals surface area contributed by atoms with Gasteiger partial charge in [-0.15, -0.1) is 5.56 Å². The molecule has 0 amide bonds. The van der Waals surface area contributed by atoms with Gasteiger partial charge in [-0.2, -0.15) is 47.5 Å². The molecule has 6 rings (SSSR count). The fourth-order valence-corrected chi connectivity index (χ4v) is 5.75. The van der Waals surface area contributed by atoms with E-state index >= 15 is 0 Å². The van der Waals surface area contributed by atoms with E-state index in [9.17, 15) is 0 Å². The van der Waals surface area contributed by atoms with Crippen molar-refractivity contribution >= 4 is 14.8 Å². The van der Waals surface area contributed by atoms with Crippen LogP contribution in [0, 0.1) is 13.0 Å². The van der Waals surface area contributed by atoms with Gasteiger partial charge in [0, 0.05) is 0 Å². The topological polar surface area (TPSA) is 0 Å². The molecule has 0 unspecified atom stereocenters. The van der Waals surface area contributed by atoms with Gasteiger partial charge in [0.1, 0.15) is 0 Å². The maximum Gasteiger partial charge on any atom is -0.172 e. The minimum atomic E-state index is 0. The zero-order valence-corrected chi connectivity index (χ0v) is 31.5. The molecule has 4 heteroatoms. The number of hydrogen-bond acceptors (Lipinski definition) is 0. The Balaban J connectivity index is 0.000000260. The average Bonchev–Trinajstić information content (AvgIpc) is 3.64. The third kappa shape index (κ3) is 10.2. The van der Waals surface area contributed by atoms with Crippen LogP contribution >= 0.6 is 11.6 Å². The normalized spacial score (nSPS) is 11.3. The van der Waals surface area contributed by atoms with E-state index in [1.807, 2.05) is 42.5 Å². The minimum absolute atomic E-state index is 0. The number of halogens is 3. The van der Waals surface area contributed by atoms with Gasteiger partial charge in [0.05, 0.1) is 0 Å². The van der Waals surface area contributed by atoms with Gasteiger partial charge in [0.25, 0.3) is 0 Å². The molecule has 0 aromatic heterocycles. The minimum Gasteiger partial charge on any atom is -1.00 e. The first-order valence-electron chi connectivity index (χ1n) is 14.6. The Morgan fingerprint density at radius 3 is 1.75 bits per heavy atom. The maximum atomic E-state index is 5.88. The third-order valence-corrected chi connectivity index (χ3v) is 9.23. The summed E-state index contributed by atoms with van der Waals surface area (Å²) in [5.41, 5.74) is 12.6. The zero-order chi connectivity index (χ0) is 30.5. The Kier molecular flexibility index (Phi) is 14.2. The largest absolute Gasteiger partial charge is 1.00 e. The third-order valence-electron chi connectivity index (χ3n) is 7.55. The second-order valence-corrected chi connectivity index (χ2v) is 14.7. The number of benzene rings is 4. The van der Waals surface area contributed by atoms with Crippen molar-refractivity contribution in [3.05, 3.63) is 159 Å². The van der Waals surface area contributed by atoms with Crippen molar-refractivity contribution in [2.45, 2.75) is 65.7 Å². The van der Waals surface area contributed by atoms with E-state index in [-0.39, 0.29) is 35.6 Å². The van der Waals surface area contributed by atoms with E-state index in [4.69, 9.17) is 11.6 Å². The van der Waals surface area contributed by atoms with Crippen molar-refractivity contribution < 1.29 is 49.0 Å². The summed E-state index contributed by atoms with van der Waals surface area (Å²) in [7, 11) is 0. The van der Waals surface area contributed by atoms with Gasteiger partial charge in [-0.3, -0.25) is 0 Å². The molecule has 0 heterocycles. The SMILES string of the molecule is CC(C)(C)c1c[c-]c2c(c1)-c1cc(C(C)(C)C)ccc1C2.Cc1ccc([C](=[Zr+2])c2ccc(Cl)cc2)cc1.[Cl-].[Cl-].c1cc[cH-]c1. The molecular weight excluding hydrogens is 678 g/mol. The summed E-state index contributed by atoms with van der Waals surface area (Å²) in [4.78, 5) is 0. The fourth-order valence-electron chi connectivity index (χ4n) is 4.81. The summed E-state index contributed by atoms with van der Waals surface area (Å²) in [6, 6.07) is 41.7. The second kappa shape index (κ2) is 16.4. The number of hydrogen-bond donors (Lipinski definition) is 0. The Labute approximate surface area is 297 Å². The van der Waals surface area contributed by atoms with E-state index in [1.165, 1.54) is 77.5 Å². The molecule has 0 bridgehead atoms. The molecule has 1 aliphatic carbocycles. The molecule has 5 aromatic rings. The van der Waals surface area contributed by atoms with Gasteiger partial charge in [-0.25, -0.2) is 12.1 Å². The fraction of sp³-hybridized carbons (Fsp3) is 0.250. The summed E-state index contributed by atoms with van der Waals surface area (Å²) < 4.78 is 1.36. The van der Waals surface area contributed by atoms with Gasteiger partial charge >= 0.3 is 116 Å². The van der Waals surface area contributed by atoms with Crippen LogP contribution in [0.4, 0.5) is 0 Å². The molecule has 5 aromatic carbocycles. The summed E-state index contributed by atoms with van der Waals surface area (Å²) >= 11 is 7.30. The smallest absolute Gasteiger partial charge is 0.172 e. The number of fused-ring (bicyclic) bond motifs is 3. The van der Waals surface area contributed by atoms with Crippen LogP contribution in [0.5, 0.6) is 0 Å². The Morgan fingerprint density at radius 1 is 0.727 bits per heavy atom. The van der Waals surface area contributed by atoms with Crippen molar-refractivity contribution in [3.8, 4) is 11.1 Å². The van der Waals surface area contributed by atoms with E-state index in [0.717, 1.165) is 11.4 Å². The maximum absolute atomic E-state index is 5.88. The van der Waals surface area contributed by atoms with E-state index < -0.39 is 0 Å². The standard InChI is InChI=1S/C21H25.C14H11Cl.C5H5.2ClH.Zr/c1-20(2,3)16-9-7-14-11-15-8-10-17(21(4,5)6)13-19(15)18(14)12-16;1-11-2-4-12(5-3-11)10-13-6-8-14(15)9-7-13;1-2-4-5-3-1;;;/h7,9-10,12-13H,11H2,1-6H3;2-9H,1H3;1-5H;2*1H;/q-1;;-1;;;+2/p-2. The quantitative estimate of drug-likeness (QED) is 0.225. The number of rotatable bonds is 2. The predicted octanol–water partition coefficient (Wildman–Crippen LogP) is 4.83. The zero-order valence-electron chi connectivity index (χ0n) is 26.7. The first kappa shape index (κ1) is 38.0. The van der Waals surface area contributed by atoms with Gasteiger partial charge in [-0.05, 0) is 17.4 Å². The van der Waals surface area contributed by atoms with E-state index in [0.29, 0.717) is 0 Å². The van der Waals surface area contributed by atoms with Gasteiger partial charge in [-0.1, -0.05) is 76.3 Å². The molecule has 0 saturated carbocycles. The predicted molar refractivity (Wildman–Crippen MR) is 179 cm³/mol. The van der Waals surface area contributed by atoms with Crippen LogP contribution in [0.25, 0.3) is 11.1 Å². The van der Waals surface area contributed by atoms with Crippen LogP contribution in [0.15, 0.2) is 109 Å². The average molecular weight is 719 g/mol. The van der Waals surface area contributed by atoms with Crippen molar-refractivity contribution in [1.82, 2.24) is 0 Å². The molecular formula is C40H41Cl3Zr-2. The van der Waals surface area contributed by atoms with E-state index in [2.05, 4.69) is 121 Å². The molecule has 228 valence electrons. The van der Waals surface area contributed by atoms with Crippen LogP contribution in [0.3, 0.4) is 0 Å². The van der Waals surface area contributed by atoms with Gasteiger partial charge in [0.15, 0.2) is 0 Å². The molecule has 44 heavy (non-hydrogen) atoms. The van der Waals surface area contributed by atoms with Crippen LogP contribution in [-0.2, 0) is 41.5 Å². The Bertz CT molecular complexity index is 1490. The van der Waals surface area contributed by atoms with Crippen molar-refractivity contribution in [3.63, 3.8) is 0 Å². The Morgan fingerprint density at radius 2 is 1.25 bits per heavy atom. The summed E-state index contributed by atoms with van der Waals surface area (Å²) in [6.45, 7) is 15.7. The summed E-state index contributed by atoms with van der Waals surface area (Å²) in [6.07, 6.45) is 1.03. The molecule has 0 fully saturated rings. The van der Waals surface area contributed by atoms with Gasteiger partial charge < -0.3 is 24.8 Å². The molecule has 0 saturated heterocycles. The molecule has 1 aliphatic rings. The van der Waals surface area contributed by atoms with Crippen molar-refractivity contribution in [2.24, 2.45) is 0 Å². The van der Waals surface area contributed by atoms with Crippen molar-refractivity contribution in [2.75, 3.05) is 0 Å². The van der Waals surface area contributed by atoms with Gasteiger partial charge in [0.2, 0.25) is 0 Å². The first-order valence-corrected chi connectivity index (χ1v) is 16.2. The number of aryl methyl sites for hydroxylation is 1. The van der Waals surface area contributed by atoms with Crippen LogP contribution in [0.2, 0.25) is 5.02 Å². The Hall–Kier alpha value is -2.15. The van der Waals surface area contributed by atoms with Crippen molar-refractivity contribution in [1.29, 1.82) is 0 Å². The summed E-state index contributed by atoms with van der Waals surface area (Å²) in [5.74, 6) is 0. The van der Waals surface area contributed by atoms with Crippen LogP contribution < -0.4 is 24.8 Å². The van der Waals surface area contributed by atoms with Crippen LogP contribution in [0.1, 0.15) is 80.5 Å². The summed E-state index contributed by atoms with van der Waals surface area (Å²) in [5, 5.41) is 0.788. The molecule has 0 radical (unpaired) electrons. The first-order chi connectivity index (χ1) is 19.8.